The van der Waals surface area contributed by atoms with Crippen LogP contribution in [0.1, 0.15) is 30.6 Å². The molecule has 33 heavy (non-hydrogen) atoms. The second-order valence-corrected chi connectivity index (χ2v) is 9.93. The third kappa shape index (κ3) is 4.11. The van der Waals surface area contributed by atoms with Gasteiger partial charge in [-0.1, -0.05) is 13.0 Å². The first-order valence-electron chi connectivity index (χ1n) is 10.6. The molecule has 176 valence electrons. The van der Waals surface area contributed by atoms with Gasteiger partial charge in [0.25, 0.3) is 0 Å². The standard InChI is InChI=1S/C22H25N3O7S/c1-9-16-15(10(2)26)20(28)25(16)17(22(31)32)18(9)33-13-7-14(23-8-13)19(27)24-12-5-3-4-11(6-12)21(29)30/h3-6,9-10,13-16,23,26H,7-8H2,1-2H3,(H,24,27)(H,29,30)(H,31,32)/t9-,10?,13+,14?,15-,16-/m1/s1. The fraction of sp³-hybridized carbons (Fsp3) is 0.455. The fourth-order valence-corrected chi connectivity index (χ4v) is 6.29. The maximum absolute atomic E-state index is 12.7. The Morgan fingerprint density at radius 2 is 1.97 bits per heavy atom. The molecule has 3 aliphatic heterocycles. The number of aliphatic hydroxyl groups excluding tert-OH is 1. The zero-order chi connectivity index (χ0) is 24.0. The van der Waals surface area contributed by atoms with Gasteiger partial charge in [0.1, 0.15) is 5.70 Å². The van der Waals surface area contributed by atoms with E-state index in [0.717, 1.165) is 0 Å². The number of β-lactam (4-membered cyclic amide) rings is 1. The zero-order valence-electron chi connectivity index (χ0n) is 18.0. The number of aromatic carboxylic acids is 1. The van der Waals surface area contributed by atoms with Crippen LogP contribution in [-0.4, -0.2) is 74.0 Å². The molecule has 0 bridgehead atoms. The normalized spacial score (nSPS) is 29.5. The van der Waals surface area contributed by atoms with Gasteiger partial charge in [-0.15, -0.1) is 11.8 Å². The molecular weight excluding hydrogens is 450 g/mol. The molecule has 5 N–H and O–H groups in total. The number of anilines is 1. The summed E-state index contributed by atoms with van der Waals surface area (Å²) in [4.78, 5) is 50.1. The van der Waals surface area contributed by atoms with Crippen LogP contribution in [0.15, 0.2) is 34.9 Å². The Hall–Kier alpha value is -2.89. The van der Waals surface area contributed by atoms with Crippen molar-refractivity contribution in [1.29, 1.82) is 0 Å². The van der Waals surface area contributed by atoms with Crippen LogP contribution < -0.4 is 10.6 Å². The van der Waals surface area contributed by atoms with E-state index in [4.69, 9.17) is 5.11 Å². The average molecular weight is 476 g/mol. The van der Waals surface area contributed by atoms with Crippen molar-refractivity contribution in [3.8, 4) is 0 Å². The summed E-state index contributed by atoms with van der Waals surface area (Å²) in [6.07, 6.45) is -0.419. The van der Waals surface area contributed by atoms with Gasteiger partial charge in [-0.25, -0.2) is 9.59 Å². The van der Waals surface area contributed by atoms with Crippen molar-refractivity contribution in [1.82, 2.24) is 10.2 Å². The molecule has 1 aromatic rings. The van der Waals surface area contributed by atoms with Crippen molar-refractivity contribution in [3.63, 3.8) is 0 Å². The van der Waals surface area contributed by atoms with E-state index in [1.165, 1.54) is 35.7 Å². The van der Waals surface area contributed by atoms with Crippen LogP contribution in [0.25, 0.3) is 0 Å². The molecule has 2 amide bonds. The van der Waals surface area contributed by atoms with Crippen LogP contribution in [0.5, 0.6) is 0 Å². The van der Waals surface area contributed by atoms with Crippen LogP contribution in [0, 0.1) is 11.8 Å². The predicted octanol–water partition coefficient (Wildman–Crippen LogP) is 0.941. The van der Waals surface area contributed by atoms with Gasteiger partial charge in [-0.3, -0.25) is 9.59 Å². The fourth-order valence-electron chi connectivity index (χ4n) is 4.81. The molecule has 0 saturated carbocycles. The summed E-state index contributed by atoms with van der Waals surface area (Å²) < 4.78 is 0. The highest BCUT2D eigenvalue weighted by Crippen LogP contribution is 2.51. The third-order valence-corrected chi connectivity index (χ3v) is 7.90. The highest BCUT2D eigenvalue weighted by molar-refractivity contribution is 8.03. The summed E-state index contributed by atoms with van der Waals surface area (Å²) in [6.45, 7) is 3.87. The van der Waals surface area contributed by atoms with E-state index < -0.39 is 30.0 Å². The number of aliphatic hydroxyl groups is 1. The van der Waals surface area contributed by atoms with E-state index in [1.807, 2.05) is 6.92 Å². The number of thioether (sulfide) groups is 1. The van der Waals surface area contributed by atoms with Crippen LogP contribution in [0.4, 0.5) is 5.69 Å². The highest BCUT2D eigenvalue weighted by Gasteiger charge is 2.60. The van der Waals surface area contributed by atoms with Gasteiger partial charge in [0, 0.05) is 28.3 Å². The van der Waals surface area contributed by atoms with Crippen LogP contribution in [0.3, 0.4) is 0 Å². The number of carbonyl (C=O) groups is 4. The number of hydrogen-bond acceptors (Lipinski definition) is 7. The van der Waals surface area contributed by atoms with Gasteiger partial charge in [-0.05, 0) is 31.5 Å². The number of nitrogens with zero attached hydrogens (tertiary/aromatic N) is 1. The molecule has 2 saturated heterocycles. The molecule has 1 aromatic carbocycles. The van der Waals surface area contributed by atoms with Crippen molar-refractivity contribution in [2.24, 2.45) is 11.8 Å². The number of hydrogen-bond donors (Lipinski definition) is 5. The quantitative estimate of drug-likeness (QED) is 0.362. The Kier molecular flexibility index (Phi) is 6.21. The maximum atomic E-state index is 12.7. The second-order valence-electron chi connectivity index (χ2n) is 8.58. The molecule has 2 fully saturated rings. The summed E-state index contributed by atoms with van der Waals surface area (Å²) in [5.41, 5.74) is 0.418. The molecule has 0 spiro atoms. The molecule has 3 heterocycles. The van der Waals surface area contributed by atoms with Crippen LogP contribution in [0.2, 0.25) is 0 Å². The lowest BCUT2D eigenvalue weighted by Crippen LogP contribution is -2.63. The van der Waals surface area contributed by atoms with Gasteiger partial charge in [0.2, 0.25) is 11.8 Å². The van der Waals surface area contributed by atoms with Crippen molar-refractivity contribution >= 4 is 41.2 Å². The van der Waals surface area contributed by atoms with Crippen LogP contribution >= 0.6 is 11.8 Å². The van der Waals surface area contributed by atoms with E-state index in [0.29, 0.717) is 23.6 Å². The maximum Gasteiger partial charge on any atom is 0.353 e. The summed E-state index contributed by atoms with van der Waals surface area (Å²) in [5.74, 6) is -3.79. The molecule has 10 nitrogen and oxygen atoms in total. The lowest BCUT2D eigenvalue weighted by Gasteiger charge is -2.46. The number of carbonyl (C=O) groups excluding carboxylic acids is 2. The highest BCUT2D eigenvalue weighted by atomic mass is 32.2. The Labute approximate surface area is 194 Å². The first-order valence-corrected chi connectivity index (χ1v) is 11.5. The minimum absolute atomic E-state index is 0.0298. The van der Waals surface area contributed by atoms with Gasteiger partial charge >= 0.3 is 11.9 Å². The van der Waals surface area contributed by atoms with E-state index in [1.54, 1.807) is 12.1 Å². The lowest BCUT2D eigenvalue weighted by atomic mass is 9.79. The van der Waals surface area contributed by atoms with Crippen molar-refractivity contribution in [3.05, 3.63) is 40.4 Å². The monoisotopic (exact) mass is 475 g/mol. The Bertz CT molecular complexity index is 1060. The van der Waals surface area contributed by atoms with E-state index in [2.05, 4.69) is 10.6 Å². The summed E-state index contributed by atoms with van der Waals surface area (Å²) in [5, 5.41) is 34.6. The van der Waals surface area contributed by atoms with E-state index in [9.17, 15) is 29.4 Å². The largest absolute Gasteiger partial charge is 0.478 e. The number of amides is 2. The number of fused-ring (bicyclic) bond motifs is 1. The topological polar surface area (TPSA) is 156 Å². The minimum Gasteiger partial charge on any atom is -0.478 e. The Morgan fingerprint density at radius 3 is 2.61 bits per heavy atom. The predicted molar refractivity (Wildman–Crippen MR) is 119 cm³/mol. The molecule has 0 aliphatic carbocycles. The molecule has 11 heteroatoms. The van der Waals surface area contributed by atoms with Gasteiger partial charge < -0.3 is 30.9 Å². The first-order chi connectivity index (χ1) is 15.6. The Morgan fingerprint density at radius 1 is 1.24 bits per heavy atom. The smallest absolute Gasteiger partial charge is 0.353 e. The third-order valence-electron chi connectivity index (χ3n) is 6.39. The molecule has 6 atom stereocenters. The van der Waals surface area contributed by atoms with Gasteiger partial charge in [0.05, 0.1) is 29.7 Å². The van der Waals surface area contributed by atoms with Gasteiger partial charge in [-0.2, -0.15) is 0 Å². The SMILES string of the molecule is CC(O)[C@H]1C(=O)N2C(C(=O)O)=C(S[C@@H]3CNC(C(=O)Nc4cccc(C(=O)O)c4)C3)[C@H](C)[C@H]12. The first kappa shape index (κ1) is 23.3. The molecule has 3 aliphatic rings. The zero-order valence-corrected chi connectivity index (χ0v) is 18.8. The Balaban J connectivity index is 1.43. The number of benzene rings is 1. The number of aliphatic carboxylic acids is 1. The van der Waals surface area contributed by atoms with Crippen molar-refractivity contribution in [2.45, 2.75) is 43.7 Å². The van der Waals surface area contributed by atoms with Crippen LogP contribution in [-0.2, 0) is 14.4 Å². The van der Waals surface area contributed by atoms with E-state index in [-0.39, 0.29) is 40.3 Å². The molecule has 2 unspecified atom stereocenters. The van der Waals surface area contributed by atoms with Gasteiger partial charge in [0.15, 0.2) is 0 Å². The summed E-state index contributed by atoms with van der Waals surface area (Å²) >= 11 is 1.36. The number of nitrogens with one attached hydrogen (secondary N) is 2. The van der Waals surface area contributed by atoms with Crippen molar-refractivity contribution < 1.29 is 34.5 Å². The summed E-state index contributed by atoms with van der Waals surface area (Å²) in [6, 6.07) is 5.07. The van der Waals surface area contributed by atoms with E-state index >= 15 is 0 Å². The number of rotatable bonds is 7. The lowest BCUT2D eigenvalue weighted by molar-refractivity contribution is -0.163. The molecule has 0 radical (unpaired) electrons. The number of carboxylic acid groups (broad SMARTS) is 2. The average Bonchev–Trinajstić information content (AvgIpc) is 3.30. The molecular formula is C22H25N3O7S. The molecule has 4 rings (SSSR count). The second kappa shape index (κ2) is 8.81. The molecule has 0 aromatic heterocycles. The van der Waals surface area contributed by atoms with Crippen molar-refractivity contribution in [2.75, 3.05) is 11.9 Å². The number of carboxylic acids is 2. The summed E-state index contributed by atoms with van der Waals surface area (Å²) in [7, 11) is 0. The minimum atomic E-state index is -1.18.